The van der Waals surface area contributed by atoms with Crippen LogP contribution in [0.5, 0.6) is 5.75 Å². The van der Waals surface area contributed by atoms with Gasteiger partial charge in [0, 0.05) is 118 Å². The van der Waals surface area contributed by atoms with E-state index >= 15 is 0 Å². The number of aliphatic imine (C=N–C) groups is 1. The number of hydrogen-bond acceptors (Lipinski definition) is 21. The molecule has 101 heavy (non-hydrogen) atoms. The first-order chi connectivity index (χ1) is 48.7. The fourth-order valence-corrected chi connectivity index (χ4v) is 15.9. The van der Waals surface area contributed by atoms with Gasteiger partial charge in [-0.25, -0.2) is 9.97 Å². The number of nitrogens with zero attached hydrogens (tertiary/aromatic N) is 5. The summed E-state index contributed by atoms with van der Waals surface area (Å²) < 4.78 is 30.0. The molecule has 0 saturated carbocycles. The number of fused-ring (bicyclic) bond motifs is 3. The Balaban J connectivity index is 0.911. The third-order valence-electron chi connectivity index (χ3n) is 17.8. The summed E-state index contributed by atoms with van der Waals surface area (Å²) in [7, 11) is 3.41. The highest BCUT2D eigenvalue weighted by atomic mass is 33.1. The van der Waals surface area contributed by atoms with Crippen LogP contribution >= 0.6 is 48.7 Å². The summed E-state index contributed by atoms with van der Waals surface area (Å²) in [6, 6.07) is 9.89. The summed E-state index contributed by atoms with van der Waals surface area (Å²) in [5, 5.41) is 35.6. The minimum absolute atomic E-state index is 0.0104. The van der Waals surface area contributed by atoms with Gasteiger partial charge in [0.1, 0.15) is 47.4 Å². The molecule has 1 aliphatic carbocycles. The quantitative estimate of drug-likeness (QED) is 0.00936. The largest absolute Gasteiger partial charge is 0.481 e. The molecule has 1 saturated heterocycles. The standard InChI is InChI=1S/C71H95N8O17P3S2/c1-7-20-46-36-59-51(33-43(46)4)67(52-34-44(5)54(73-9-3)37-60(52)93-59)49-23-16-17-24-50(49)70(88)78(6)30-18-28-63(85)76-53(56(81)26-12-10-11-13-27-62(84)77-55(38-65(86)87)57(82)35-45(8-2)71(89)90)25-19-31-100-101-32-29-48(80)22-15-14-21-47-40-79(69-66(47)68(72)74-42-75-69)64-39-58(83)61(94-64)41-92-98-96-99-95-97-91/h16-17,23-24,33-34,36-37,40,42,45,52-53,55,58,61,64,67,83,91,97-99H,7-13,15,18-20,22,25-32,35,38-39,41H2,1-6H3,(H,76,85)(H,77,84)(H,86,87)(H,89,90)(H2,72,74,75)/t45?,52?,53?,55?,58?,61-,64-,67?/m1/s1. The molecule has 25 nitrogen and oxygen atoms in total. The van der Waals surface area contributed by atoms with Gasteiger partial charge in [-0.05, 0) is 100 Å². The van der Waals surface area contributed by atoms with Crippen LogP contribution < -0.4 is 21.1 Å². The molecule has 4 aromatic rings. The minimum atomic E-state index is -1.36. The fourth-order valence-electron chi connectivity index (χ4n) is 12.5. The van der Waals surface area contributed by atoms with Crippen molar-refractivity contribution in [2.45, 2.75) is 193 Å². The first-order valence-electron chi connectivity index (χ1n) is 34.4. The van der Waals surface area contributed by atoms with Crippen LogP contribution in [0, 0.1) is 30.6 Å². The third kappa shape index (κ3) is 24.6. The van der Waals surface area contributed by atoms with Gasteiger partial charge >= 0.3 is 11.9 Å². The second-order valence-electron chi connectivity index (χ2n) is 25.2. The number of benzene rings is 2. The van der Waals surface area contributed by atoms with Crippen molar-refractivity contribution in [3.63, 3.8) is 0 Å². The van der Waals surface area contributed by atoms with E-state index in [0.29, 0.717) is 98.0 Å². The molecule has 11 atom stereocenters. The van der Waals surface area contributed by atoms with Gasteiger partial charge < -0.3 is 60.0 Å². The Labute approximate surface area is 603 Å². The summed E-state index contributed by atoms with van der Waals surface area (Å²) in [6.45, 7) is 10.9. The van der Waals surface area contributed by atoms with Crippen molar-refractivity contribution >= 4 is 118 Å². The van der Waals surface area contributed by atoms with Crippen molar-refractivity contribution in [2.24, 2.45) is 16.8 Å². The molecule has 0 spiro atoms. The number of carbonyl (C=O) groups is 8. The molecule has 30 heteroatoms. The number of hydrogen-bond donors (Lipinski definition) is 7. The molecular weight excluding hydrogens is 1390 g/mol. The summed E-state index contributed by atoms with van der Waals surface area (Å²) in [6.07, 6.45) is 10.7. The van der Waals surface area contributed by atoms with Gasteiger partial charge in [-0.1, -0.05) is 96.9 Å². The Hall–Kier alpha value is -6.52. The molecule has 3 amide bonds. The zero-order chi connectivity index (χ0) is 73.0. The first-order valence-corrected chi connectivity index (χ1v) is 39.3. The predicted molar refractivity (Wildman–Crippen MR) is 395 cm³/mol. The van der Waals surface area contributed by atoms with E-state index in [2.05, 4.69) is 71.4 Å². The van der Waals surface area contributed by atoms with Crippen LogP contribution in [0.4, 0.5) is 5.82 Å². The maximum atomic E-state index is 14.6. The Kier molecular flexibility index (Phi) is 34.2. The average Bonchev–Trinajstić information content (AvgIpc) is 1.26. The number of ether oxygens (including phenoxy) is 2. The van der Waals surface area contributed by atoms with Crippen LogP contribution in [0.1, 0.15) is 194 Å². The summed E-state index contributed by atoms with van der Waals surface area (Å²) in [5.41, 5.74) is 14.0. The summed E-state index contributed by atoms with van der Waals surface area (Å²) in [5.74, 6) is 3.42. The van der Waals surface area contributed by atoms with E-state index in [-0.39, 0.29) is 111 Å². The second kappa shape index (κ2) is 42.3. The minimum Gasteiger partial charge on any atom is -0.481 e. The van der Waals surface area contributed by atoms with Crippen molar-refractivity contribution < 1.29 is 81.2 Å². The molecule has 0 radical (unpaired) electrons. The molecule has 8 N–H and O–H groups in total. The Morgan fingerprint density at radius 1 is 0.871 bits per heavy atom. The number of aryl methyl sites for hydroxylation is 2. The molecule has 3 aliphatic rings. The Morgan fingerprint density at radius 2 is 1.61 bits per heavy atom. The number of ketones is 3. The third-order valence-corrected chi connectivity index (χ3v) is 21.9. The smallest absolute Gasteiger partial charge is 0.306 e. The van der Waals surface area contributed by atoms with Gasteiger partial charge in [0.15, 0.2) is 38.7 Å². The van der Waals surface area contributed by atoms with Crippen LogP contribution in [0.25, 0.3) is 11.0 Å². The molecule has 2 aromatic heterocycles. The maximum Gasteiger partial charge on any atom is 0.306 e. The number of amides is 3. The lowest BCUT2D eigenvalue weighted by Crippen LogP contribution is -2.43. The lowest BCUT2D eigenvalue weighted by molar-refractivity contribution is -0.144. The number of nitrogens with two attached hydrogens (primary N) is 1. The van der Waals surface area contributed by atoms with Crippen LogP contribution in [0.3, 0.4) is 0 Å². The van der Waals surface area contributed by atoms with Gasteiger partial charge in [0.2, 0.25) is 11.8 Å². The first kappa shape index (κ1) is 81.8. The van der Waals surface area contributed by atoms with Crippen molar-refractivity contribution in [1.29, 1.82) is 0 Å². The van der Waals surface area contributed by atoms with Crippen molar-refractivity contribution in [3.05, 3.63) is 106 Å². The lowest BCUT2D eigenvalue weighted by atomic mass is 9.72. The highest BCUT2D eigenvalue weighted by molar-refractivity contribution is 8.76. The van der Waals surface area contributed by atoms with E-state index in [0.717, 1.165) is 52.3 Å². The number of carbonyl (C=O) groups excluding carboxylic acids is 6. The van der Waals surface area contributed by atoms with Gasteiger partial charge in [-0.15, -0.1) is 0 Å². The Morgan fingerprint density at radius 3 is 2.35 bits per heavy atom. The van der Waals surface area contributed by atoms with E-state index in [1.54, 1.807) is 51.2 Å². The fraction of sp³-hybridized carbons (Fsp3) is 0.535. The zero-order valence-electron chi connectivity index (χ0n) is 58.1. The molecule has 7 rings (SSSR count). The number of carboxylic acid groups (broad SMARTS) is 2. The number of rotatable bonds is 44. The van der Waals surface area contributed by atoms with Gasteiger partial charge in [0.25, 0.3) is 5.91 Å². The van der Waals surface area contributed by atoms with Crippen molar-refractivity contribution in [2.75, 3.05) is 44.0 Å². The normalized spacial score (nSPS) is 18.6. The number of nitrogen functional groups attached to an aromatic ring is 1. The molecule has 0 bridgehead atoms. The molecule has 4 heterocycles. The number of anilines is 1. The van der Waals surface area contributed by atoms with Crippen molar-refractivity contribution in [1.82, 2.24) is 30.1 Å². The van der Waals surface area contributed by atoms with E-state index in [1.807, 2.05) is 37.3 Å². The maximum absolute atomic E-state index is 14.6. The number of carboxylic acids is 2. The van der Waals surface area contributed by atoms with E-state index < -0.39 is 81.9 Å². The summed E-state index contributed by atoms with van der Waals surface area (Å²) in [4.78, 5) is 128. The van der Waals surface area contributed by atoms with E-state index in [1.165, 1.54) is 11.9 Å². The molecular formula is C71H95N8O17P3S2. The summed E-state index contributed by atoms with van der Waals surface area (Å²) >= 11 is 0. The molecule has 2 aliphatic heterocycles. The number of Topliss-reactive ketones (excluding diaryl/α,β-unsaturated/α-hetero) is 3. The molecule has 9 unspecified atom stereocenters. The highest BCUT2D eigenvalue weighted by Gasteiger charge is 2.40. The monoisotopic (exact) mass is 1490 g/mol. The molecule has 548 valence electrons. The number of aliphatic hydroxyl groups excluding tert-OH is 1. The average molecular weight is 1490 g/mol. The van der Waals surface area contributed by atoms with Gasteiger partial charge in [0.05, 0.1) is 53.8 Å². The second-order valence-corrected chi connectivity index (χ2v) is 30.3. The van der Waals surface area contributed by atoms with Crippen molar-refractivity contribution in [3.8, 4) is 17.6 Å². The van der Waals surface area contributed by atoms with Gasteiger partial charge in [-0.3, -0.25) is 52.0 Å². The SMILES string of the molecule is CCCc1cc2c(cc1C)C(c1ccccc1C(=O)N(C)CCCC(=O)NC(CCCSSCCC(=O)CCC#Cc1cn([C@H]3CC(O)[C@@H](COPOPOPO)O3)c3ncnc(N)c13)C(=O)CCCCCCC(=O)NC(CC(=O)O)C(=O)CC(CC)C(=O)O)C1C=C(C)C(=NCC)C=C1O2. The molecule has 1 fully saturated rings. The Bertz CT molecular complexity index is 3710. The highest BCUT2D eigenvalue weighted by Crippen LogP contribution is 2.50. The number of nitrogens with one attached hydrogen (secondary N) is 2. The van der Waals surface area contributed by atoms with Crippen LogP contribution in [-0.4, -0.2) is 155 Å². The number of aliphatic hydroxyl groups is 1. The van der Waals surface area contributed by atoms with Crippen LogP contribution in [0.15, 0.2) is 77.4 Å². The zero-order valence-corrected chi connectivity index (χ0v) is 62.7. The molecule has 2 aromatic carbocycles. The van der Waals surface area contributed by atoms with Crippen LogP contribution in [-0.2, 0) is 57.9 Å². The predicted octanol–water partition coefficient (Wildman–Crippen LogP) is 11.2. The lowest BCUT2D eigenvalue weighted by Gasteiger charge is -2.38. The van der Waals surface area contributed by atoms with Crippen LogP contribution in [0.2, 0.25) is 0 Å². The van der Waals surface area contributed by atoms with E-state index in [9.17, 15) is 53.7 Å². The number of aliphatic carboxylic acids is 2. The van der Waals surface area contributed by atoms with Gasteiger partial charge in [-0.2, -0.15) is 0 Å². The topological polar surface area (TPSA) is 360 Å². The number of aromatic nitrogens is 3. The number of unbranched alkanes of at least 4 members (excludes halogenated alkanes) is 3. The van der Waals surface area contributed by atoms with E-state index in [4.69, 9.17) is 38.2 Å². The number of allylic oxidation sites excluding steroid dienone is 3.